The number of rotatable bonds is 5. The second-order valence-corrected chi connectivity index (χ2v) is 5.11. The molecule has 0 bridgehead atoms. The fourth-order valence-corrected chi connectivity index (χ4v) is 2.57. The first-order valence-corrected chi connectivity index (χ1v) is 7.05. The van der Waals surface area contributed by atoms with Crippen LogP contribution in [0.25, 0.3) is 0 Å². The van der Waals surface area contributed by atoms with Crippen molar-refractivity contribution in [3.05, 3.63) is 29.6 Å². The van der Waals surface area contributed by atoms with E-state index >= 15 is 0 Å². The van der Waals surface area contributed by atoms with Gasteiger partial charge >= 0.3 is 0 Å². The monoisotopic (exact) mass is 248 g/mol. The van der Waals surface area contributed by atoms with Gasteiger partial charge in [-0.1, -0.05) is 13.0 Å². The van der Waals surface area contributed by atoms with E-state index in [4.69, 9.17) is 4.74 Å². The molecule has 1 atom stereocenters. The normalized spacial score (nSPS) is 18.8. The molecule has 0 saturated carbocycles. The van der Waals surface area contributed by atoms with E-state index in [-0.39, 0.29) is 0 Å². The number of aryl methyl sites for hydroxylation is 1. The zero-order chi connectivity index (χ0) is 12.8. The van der Waals surface area contributed by atoms with Crippen LogP contribution in [0.1, 0.15) is 43.5 Å². The minimum absolute atomic E-state index is 0.432. The Labute approximate surface area is 110 Å². The van der Waals surface area contributed by atoms with E-state index < -0.39 is 0 Å². The standard InChI is InChI=1S/C15H24N2O/c1-3-8-16-15(13-6-9-18-10-7-13)14-5-4-12(2)17-11-14/h4-5,11,13,15-16H,3,6-10H2,1-2H3. The predicted molar refractivity (Wildman–Crippen MR) is 73.6 cm³/mol. The summed E-state index contributed by atoms with van der Waals surface area (Å²) >= 11 is 0. The van der Waals surface area contributed by atoms with Crippen molar-refractivity contribution in [3.8, 4) is 0 Å². The van der Waals surface area contributed by atoms with Gasteiger partial charge in [-0.3, -0.25) is 4.98 Å². The third-order valence-electron chi connectivity index (χ3n) is 3.64. The topological polar surface area (TPSA) is 34.2 Å². The lowest BCUT2D eigenvalue weighted by Crippen LogP contribution is -2.32. The molecule has 18 heavy (non-hydrogen) atoms. The molecule has 0 spiro atoms. The van der Waals surface area contributed by atoms with Crippen LogP contribution in [0, 0.1) is 12.8 Å². The van der Waals surface area contributed by atoms with Gasteiger partial charge in [-0.2, -0.15) is 0 Å². The molecule has 0 aromatic carbocycles. The molecule has 100 valence electrons. The first-order chi connectivity index (χ1) is 8.81. The van der Waals surface area contributed by atoms with Gasteiger partial charge in [0.1, 0.15) is 0 Å². The van der Waals surface area contributed by atoms with Crippen LogP contribution in [0.5, 0.6) is 0 Å². The minimum Gasteiger partial charge on any atom is -0.381 e. The molecule has 1 aromatic rings. The Bertz CT molecular complexity index is 344. The van der Waals surface area contributed by atoms with E-state index in [0.717, 1.165) is 38.3 Å². The molecule has 0 amide bonds. The molecule has 2 rings (SSSR count). The molecule has 1 N–H and O–H groups in total. The lowest BCUT2D eigenvalue weighted by Gasteiger charge is -2.31. The number of nitrogens with one attached hydrogen (secondary N) is 1. The molecule has 3 nitrogen and oxygen atoms in total. The molecule has 1 unspecified atom stereocenters. The third-order valence-corrected chi connectivity index (χ3v) is 3.64. The van der Waals surface area contributed by atoms with Crippen molar-refractivity contribution in [2.75, 3.05) is 19.8 Å². The van der Waals surface area contributed by atoms with Gasteiger partial charge in [-0.05, 0) is 50.3 Å². The maximum Gasteiger partial charge on any atom is 0.0469 e. The van der Waals surface area contributed by atoms with E-state index in [9.17, 15) is 0 Å². The SMILES string of the molecule is CCCNC(c1ccc(C)nc1)C1CCOCC1. The Morgan fingerprint density at radius 3 is 2.78 bits per heavy atom. The van der Waals surface area contributed by atoms with Crippen LogP contribution in [-0.4, -0.2) is 24.7 Å². The maximum absolute atomic E-state index is 5.47. The summed E-state index contributed by atoms with van der Waals surface area (Å²) in [4.78, 5) is 4.43. The lowest BCUT2D eigenvalue weighted by atomic mass is 9.87. The highest BCUT2D eigenvalue weighted by molar-refractivity contribution is 5.18. The summed E-state index contributed by atoms with van der Waals surface area (Å²) in [6, 6.07) is 4.75. The van der Waals surface area contributed by atoms with Gasteiger partial charge < -0.3 is 10.1 Å². The van der Waals surface area contributed by atoms with Crippen LogP contribution >= 0.6 is 0 Å². The van der Waals surface area contributed by atoms with Crippen molar-refractivity contribution in [3.63, 3.8) is 0 Å². The molecule has 2 heterocycles. The minimum atomic E-state index is 0.432. The number of ether oxygens (including phenoxy) is 1. The summed E-state index contributed by atoms with van der Waals surface area (Å²) in [6.07, 6.45) is 5.49. The molecule has 0 aliphatic carbocycles. The maximum atomic E-state index is 5.47. The van der Waals surface area contributed by atoms with Crippen LogP contribution < -0.4 is 5.32 Å². The zero-order valence-electron chi connectivity index (χ0n) is 11.5. The van der Waals surface area contributed by atoms with Crippen LogP contribution in [0.15, 0.2) is 18.3 Å². The Hall–Kier alpha value is -0.930. The van der Waals surface area contributed by atoms with E-state index in [1.165, 1.54) is 12.0 Å². The average Bonchev–Trinajstić information content (AvgIpc) is 2.42. The Balaban J connectivity index is 2.10. The summed E-state index contributed by atoms with van der Waals surface area (Å²) in [5, 5.41) is 3.68. The van der Waals surface area contributed by atoms with Crippen molar-refractivity contribution in [2.24, 2.45) is 5.92 Å². The van der Waals surface area contributed by atoms with Crippen molar-refractivity contribution in [1.82, 2.24) is 10.3 Å². The molecule has 1 saturated heterocycles. The van der Waals surface area contributed by atoms with Gasteiger partial charge in [0.15, 0.2) is 0 Å². The quantitative estimate of drug-likeness (QED) is 0.870. The van der Waals surface area contributed by atoms with Gasteiger partial charge in [0, 0.05) is 31.1 Å². The van der Waals surface area contributed by atoms with E-state index in [0.29, 0.717) is 12.0 Å². The largest absolute Gasteiger partial charge is 0.381 e. The lowest BCUT2D eigenvalue weighted by molar-refractivity contribution is 0.0536. The fourth-order valence-electron chi connectivity index (χ4n) is 2.57. The first kappa shape index (κ1) is 13.5. The second-order valence-electron chi connectivity index (χ2n) is 5.11. The van der Waals surface area contributed by atoms with Crippen molar-refractivity contribution in [2.45, 2.75) is 39.2 Å². The van der Waals surface area contributed by atoms with Crippen LogP contribution in [-0.2, 0) is 4.74 Å². The van der Waals surface area contributed by atoms with Gasteiger partial charge in [-0.15, -0.1) is 0 Å². The Morgan fingerprint density at radius 2 is 2.17 bits per heavy atom. The van der Waals surface area contributed by atoms with E-state index in [1.54, 1.807) is 0 Å². The highest BCUT2D eigenvalue weighted by atomic mass is 16.5. The molecule has 1 aliphatic heterocycles. The first-order valence-electron chi connectivity index (χ1n) is 7.05. The summed E-state index contributed by atoms with van der Waals surface area (Å²) < 4.78 is 5.47. The highest BCUT2D eigenvalue weighted by Gasteiger charge is 2.24. The number of hydrogen-bond donors (Lipinski definition) is 1. The van der Waals surface area contributed by atoms with E-state index in [2.05, 4.69) is 29.4 Å². The molecular weight excluding hydrogens is 224 g/mol. The molecule has 3 heteroatoms. The second kappa shape index (κ2) is 6.86. The van der Waals surface area contributed by atoms with Gasteiger partial charge in [0.2, 0.25) is 0 Å². The summed E-state index contributed by atoms with van der Waals surface area (Å²) in [5.74, 6) is 0.676. The smallest absolute Gasteiger partial charge is 0.0469 e. The summed E-state index contributed by atoms with van der Waals surface area (Å²) in [5.41, 5.74) is 2.40. The Morgan fingerprint density at radius 1 is 1.39 bits per heavy atom. The number of hydrogen-bond acceptors (Lipinski definition) is 3. The molecular formula is C15H24N2O. The van der Waals surface area contributed by atoms with Crippen molar-refractivity contribution < 1.29 is 4.74 Å². The van der Waals surface area contributed by atoms with Crippen molar-refractivity contribution >= 4 is 0 Å². The highest BCUT2D eigenvalue weighted by Crippen LogP contribution is 2.29. The Kier molecular flexibility index (Phi) is 5.14. The van der Waals surface area contributed by atoms with Crippen LogP contribution in [0.4, 0.5) is 0 Å². The number of nitrogens with zero attached hydrogens (tertiary/aromatic N) is 1. The third kappa shape index (κ3) is 3.53. The van der Waals surface area contributed by atoms with Crippen molar-refractivity contribution in [1.29, 1.82) is 0 Å². The van der Waals surface area contributed by atoms with Gasteiger partial charge in [-0.25, -0.2) is 0 Å². The molecule has 1 aromatic heterocycles. The molecule has 1 fully saturated rings. The summed E-state index contributed by atoms with van der Waals surface area (Å²) in [6.45, 7) is 7.10. The fraction of sp³-hybridized carbons (Fsp3) is 0.667. The summed E-state index contributed by atoms with van der Waals surface area (Å²) in [7, 11) is 0. The van der Waals surface area contributed by atoms with Gasteiger partial charge in [0.25, 0.3) is 0 Å². The van der Waals surface area contributed by atoms with E-state index in [1.807, 2.05) is 13.1 Å². The number of pyridine rings is 1. The molecule has 0 radical (unpaired) electrons. The number of aromatic nitrogens is 1. The molecule has 1 aliphatic rings. The zero-order valence-corrected chi connectivity index (χ0v) is 11.5. The average molecular weight is 248 g/mol. The van der Waals surface area contributed by atoms with Crippen LogP contribution in [0.3, 0.4) is 0 Å². The van der Waals surface area contributed by atoms with Crippen LogP contribution in [0.2, 0.25) is 0 Å². The predicted octanol–water partition coefficient (Wildman–Crippen LogP) is 2.86. The van der Waals surface area contributed by atoms with Gasteiger partial charge in [0.05, 0.1) is 0 Å².